The summed E-state index contributed by atoms with van der Waals surface area (Å²) in [5.74, 6) is 0.549. The standard InChI is InChI=1S/C24H31N3O4S/c1-4-14-25-24(29)22(5-2)26(15-19-8-6-18(3)7-9-19)23(28)17-32-16-20-10-12-21(13-11-20)27(30)31/h6-13,22H,4-5,14-17H2,1-3H3,(H,25,29). The van der Waals surface area contributed by atoms with E-state index in [0.29, 0.717) is 25.3 Å². The smallest absolute Gasteiger partial charge is 0.269 e. The van der Waals surface area contributed by atoms with Gasteiger partial charge in [-0.1, -0.05) is 55.8 Å². The van der Waals surface area contributed by atoms with Gasteiger partial charge in [-0.05, 0) is 30.9 Å². The number of nitrogens with one attached hydrogen (secondary N) is 1. The third-order valence-corrected chi connectivity index (χ3v) is 6.04. The maximum absolute atomic E-state index is 13.2. The molecule has 0 radical (unpaired) electrons. The van der Waals surface area contributed by atoms with Crippen LogP contribution in [-0.2, 0) is 21.9 Å². The van der Waals surface area contributed by atoms with Crippen molar-refractivity contribution in [3.8, 4) is 0 Å². The van der Waals surface area contributed by atoms with E-state index in [9.17, 15) is 19.7 Å². The van der Waals surface area contributed by atoms with Gasteiger partial charge in [-0.15, -0.1) is 11.8 Å². The normalized spacial score (nSPS) is 11.6. The molecule has 0 heterocycles. The molecule has 2 aromatic rings. The maximum Gasteiger partial charge on any atom is 0.269 e. The molecule has 0 aliphatic carbocycles. The highest BCUT2D eigenvalue weighted by Crippen LogP contribution is 2.19. The predicted molar refractivity (Wildman–Crippen MR) is 128 cm³/mol. The van der Waals surface area contributed by atoms with E-state index in [4.69, 9.17) is 0 Å². The monoisotopic (exact) mass is 457 g/mol. The van der Waals surface area contributed by atoms with E-state index in [1.807, 2.05) is 45.0 Å². The summed E-state index contributed by atoms with van der Waals surface area (Å²) in [6.45, 7) is 6.86. The van der Waals surface area contributed by atoms with Crippen molar-refractivity contribution in [3.05, 3.63) is 75.3 Å². The molecule has 7 nitrogen and oxygen atoms in total. The summed E-state index contributed by atoms with van der Waals surface area (Å²) in [6.07, 6.45) is 1.36. The summed E-state index contributed by atoms with van der Waals surface area (Å²) >= 11 is 1.43. The number of nitrogens with zero attached hydrogens (tertiary/aromatic N) is 2. The van der Waals surface area contributed by atoms with Crippen molar-refractivity contribution in [1.82, 2.24) is 10.2 Å². The van der Waals surface area contributed by atoms with Gasteiger partial charge in [0.05, 0.1) is 10.7 Å². The fourth-order valence-electron chi connectivity index (χ4n) is 3.23. The largest absolute Gasteiger partial charge is 0.354 e. The van der Waals surface area contributed by atoms with E-state index in [0.717, 1.165) is 23.1 Å². The summed E-state index contributed by atoms with van der Waals surface area (Å²) in [5, 5.41) is 13.7. The molecule has 2 amide bonds. The molecule has 1 N–H and O–H groups in total. The maximum atomic E-state index is 13.2. The van der Waals surface area contributed by atoms with Crippen LogP contribution in [0.1, 0.15) is 43.4 Å². The zero-order chi connectivity index (χ0) is 23.5. The molecule has 0 spiro atoms. The summed E-state index contributed by atoms with van der Waals surface area (Å²) in [6, 6.07) is 13.8. The van der Waals surface area contributed by atoms with Crippen LogP contribution in [0.25, 0.3) is 0 Å². The molecule has 0 aromatic heterocycles. The third kappa shape index (κ3) is 7.67. The van der Waals surface area contributed by atoms with Gasteiger partial charge in [0.2, 0.25) is 11.8 Å². The number of hydrogen-bond acceptors (Lipinski definition) is 5. The van der Waals surface area contributed by atoms with Gasteiger partial charge in [0, 0.05) is 31.0 Å². The Hall–Kier alpha value is -2.87. The molecule has 32 heavy (non-hydrogen) atoms. The van der Waals surface area contributed by atoms with Gasteiger partial charge in [-0.25, -0.2) is 0 Å². The van der Waals surface area contributed by atoms with Gasteiger partial charge < -0.3 is 10.2 Å². The van der Waals surface area contributed by atoms with Gasteiger partial charge in [-0.3, -0.25) is 19.7 Å². The quantitative estimate of drug-likeness (QED) is 0.375. The van der Waals surface area contributed by atoms with Gasteiger partial charge in [0.25, 0.3) is 5.69 Å². The average molecular weight is 458 g/mol. The number of nitro groups is 1. The Kier molecular flexibility index (Phi) is 10.2. The minimum atomic E-state index is -0.532. The molecule has 0 bridgehead atoms. The van der Waals surface area contributed by atoms with Crippen LogP contribution in [0.5, 0.6) is 0 Å². The number of carbonyl (C=O) groups excluding carboxylic acids is 2. The average Bonchev–Trinajstić information content (AvgIpc) is 2.79. The Bertz CT molecular complexity index is 900. The lowest BCUT2D eigenvalue weighted by molar-refractivity contribution is -0.384. The molecule has 0 saturated carbocycles. The number of rotatable bonds is 12. The van der Waals surface area contributed by atoms with Crippen molar-refractivity contribution in [2.24, 2.45) is 0 Å². The molecule has 1 atom stereocenters. The molecule has 2 aromatic carbocycles. The van der Waals surface area contributed by atoms with Crippen LogP contribution < -0.4 is 5.32 Å². The zero-order valence-corrected chi connectivity index (χ0v) is 19.7. The summed E-state index contributed by atoms with van der Waals surface area (Å²) < 4.78 is 0. The fourth-order valence-corrected chi connectivity index (χ4v) is 4.10. The van der Waals surface area contributed by atoms with Crippen LogP contribution >= 0.6 is 11.8 Å². The number of carbonyl (C=O) groups is 2. The van der Waals surface area contributed by atoms with E-state index >= 15 is 0 Å². The van der Waals surface area contributed by atoms with Crippen LogP contribution in [0.3, 0.4) is 0 Å². The van der Waals surface area contributed by atoms with Crippen LogP contribution in [0, 0.1) is 17.0 Å². The molecule has 172 valence electrons. The van der Waals surface area contributed by atoms with Gasteiger partial charge in [0.15, 0.2) is 0 Å². The van der Waals surface area contributed by atoms with Crippen molar-refractivity contribution >= 4 is 29.3 Å². The van der Waals surface area contributed by atoms with Gasteiger partial charge in [0.1, 0.15) is 6.04 Å². The van der Waals surface area contributed by atoms with E-state index in [1.165, 1.54) is 23.9 Å². The number of benzene rings is 2. The first-order chi connectivity index (χ1) is 15.3. The Labute approximate surface area is 193 Å². The Morgan fingerprint density at radius 3 is 2.25 bits per heavy atom. The molecule has 8 heteroatoms. The SMILES string of the molecule is CCCNC(=O)C(CC)N(Cc1ccc(C)cc1)C(=O)CSCc1ccc([N+](=O)[O-])cc1. The zero-order valence-electron chi connectivity index (χ0n) is 18.9. The van der Waals surface area contributed by atoms with Crippen LogP contribution in [0.15, 0.2) is 48.5 Å². The van der Waals surface area contributed by atoms with Gasteiger partial charge >= 0.3 is 0 Å². The van der Waals surface area contributed by atoms with Gasteiger partial charge in [-0.2, -0.15) is 0 Å². The lowest BCUT2D eigenvalue weighted by atomic mass is 10.1. The second-order valence-electron chi connectivity index (χ2n) is 7.64. The summed E-state index contributed by atoms with van der Waals surface area (Å²) in [4.78, 5) is 37.9. The molecule has 1 unspecified atom stereocenters. The lowest BCUT2D eigenvalue weighted by Crippen LogP contribution is -2.49. The number of amides is 2. The van der Waals surface area contributed by atoms with E-state index in [1.54, 1.807) is 17.0 Å². The molecule has 0 saturated heterocycles. The Morgan fingerprint density at radius 1 is 1.06 bits per heavy atom. The molecular weight excluding hydrogens is 426 g/mol. The highest BCUT2D eigenvalue weighted by Gasteiger charge is 2.28. The summed E-state index contributed by atoms with van der Waals surface area (Å²) in [5.41, 5.74) is 3.07. The highest BCUT2D eigenvalue weighted by atomic mass is 32.2. The molecule has 2 rings (SSSR count). The number of non-ortho nitro benzene ring substituents is 1. The first-order valence-electron chi connectivity index (χ1n) is 10.8. The first kappa shape index (κ1) is 25.4. The second kappa shape index (κ2) is 12.9. The topological polar surface area (TPSA) is 92.6 Å². The van der Waals surface area contributed by atoms with Crippen molar-refractivity contribution in [2.45, 2.75) is 52.0 Å². The number of thioether (sulfide) groups is 1. The fraction of sp³-hybridized carbons (Fsp3) is 0.417. The Morgan fingerprint density at radius 2 is 1.69 bits per heavy atom. The van der Waals surface area contributed by atoms with E-state index < -0.39 is 11.0 Å². The molecule has 0 aliphatic heterocycles. The minimum Gasteiger partial charge on any atom is -0.354 e. The lowest BCUT2D eigenvalue weighted by Gasteiger charge is -2.30. The van der Waals surface area contributed by atoms with E-state index in [2.05, 4.69) is 5.32 Å². The number of aryl methyl sites for hydroxylation is 1. The van der Waals surface area contributed by atoms with Crippen molar-refractivity contribution < 1.29 is 14.5 Å². The van der Waals surface area contributed by atoms with Crippen molar-refractivity contribution in [1.29, 1.82) is 0 Å². The molecule has 0 aliphatic rings. The number of nitro benzene ring substituents is 1. The van der Waals surface area contributed by atoms with Crippen LogP contribution in [0.4, 0.5) is 5.69 Å². The first-order valence-corrected chi connectivity index (χ1v) is 11.9. The number of hydrogen-bond donors (Lipinski definition) is 1. The van der Waals surface area contributed by atoms with Crippen LogP contribution in [-0.4, -0.2) is 40.0 Å². The minimum absolute atomic E-state index is 0.0444. The molecular formula is C24H31N3O4S. The Balaban J connectivity index is 2.08. The predicted octanol–water partition coefficient (Wildman–Crippen LogP) is 4.47. The van der Waals surface area contributed by atoms with Crippen molar-refractivity contribution in [2.75, 3.05) is 12.3 Å². The molecule has 0 fully saturated rings. The summed E-state index contributed by atoms with van der Waals surface area (Å²) in [7, 11) is 0. The second-order valence-corrected chi connectivity index (χ2v) is 8.62. The highest BCUT2D eigenvalue weighted by molar-refractivity contribution is 7.99. The van der Waals surface area contributed by atoms with Crippen molar-refractivity contribution in [3.63, 3.8) is 0 Å². The third-order valence-electron chi connectivity index (χ3n) is 5.05. The van der Waals surface area contributed by atoms with Crippen LogP contribution in [0.2, 0.25) is 0 Å². The van der Waals surface area contributed by atoms with E-state index in [-0.39, 0.29) is 23.3 Å².